The lowest BCUT2D eigenvalue weighted by atomic mass is 10.1. The molecule has 0 unspecified atom stereocenters. The maximum absolute atomic E-state index is 12.5. The van der Waals surface area contributed by atoms with Crippen LogP contribution in [0.4, 0.5) is 0 Å². The number of Topliss-reactive ketones (excluding diaryl/α,β-unsaturated/α-hetero) is 1. The number of methoxy groups -OCH3 is 2. The summed E-state index contributed by atoms with van der Waals surface area (Å²) in [6.45, 7) is 1.44. The minimum absolute atomic E-state index is 0.208. The molecule has 0 aliphatic rings. The van der Waals surface area contributed by atoms with E-state index < -0.39 is 23.5 Å². The number of benzene rings is 2. The molecule has 29 heavy (non-hydrogen) atoms. The predicted molar refractivity (Wildman–Crippen MR) is 109 cm³/mol. The Morgan fingerprint density at radius 3 is 2.34 bits per heavy atom. The summed E-state index contributed by atoms with van der Waals surface area (Å²) in [5.74, 6) is -0.416. The molecular formula is C21H17BrO7. The van der Waals surface area contributed by atoms with E-state index in [0.717, 1.165) is 0 Å². The smallest absolute Gasteiger partial charge is 0.351 e. The Hall–Kier alpha value is -3.13. The van der Waals surface area contributed by atoms with E-state index >= 15 is 0 Å². The first kappa shape index (κ1) is 20.6. The number of hydrogen-bond donors (Lipinski definition) is 0. The van der Waals surface area contributed by atoms with E-state index in [1.807, 2.05) is 0 Å². The van der Waals surface area contributed by atoms with Crippen molar-refractivity contribution in [1.82, 2.24) is 0 Å². The van der Waals surface area contributed by atoms with Gasteiger partial charge in [0.1, 0.15) is 11.3 Å². The molecule has 3 aromatic rings. The zero-order valence-corrected chi connectivity index (χ0v) is 17.4. The molecule has 8 heteroatoms. The lowest BCUT2D eigenvalue weighted by Gasteiger charge is -2.13. The summed E-state index contributed by atoms with van der Waals surface area (Å²) in [6.07, 6.45) is -1.09. The van der Waals surface area contributed by atoms with Gasteiger partial charge in [-0.05, 0) is 49.4 Å². The van der Waals surface area contributed by atoms with E-state index in [1.165, 1.54) is 27.2 Å². The lowest BCUT2D eigenvalue weighted by Crippen LogP contribution is -2.27. The van der Waals surface area contributed by atoms with Crippen molar-refractivity contribution >= 4 is 38.7 Å². The van der Waals surface area contributed by atoms with E-state index in [4.69, 9.17) is 18.6 Å². The molecule has 0 saturated carbocycles. The van der Waals surface area contributed by atoms with Crippen molar-refractivity contribution in [2.24, 2.45) is 0 Å². The average Bonchev–Trinajstić information content (AvgIpc) is 2.72. The second-order valence-corrected chi connectivity index (χ2v) is 7.03. The number of ether oxygens (including phenoxy) is 3. The van der Waals surface area contributed by atoms with Gasteiger partial charge in [-0.3, -0.25) is 4.79 Å². The monoisotopic (exact) mass is 460 g/mol. The van der Waals surface area contributed by atoms with Crippen molar-refractivity contribution in [1.29, 1.82) is 0 Å². The third-order valence-electron chi connectivity index (χ3n) is 4.23. The molecule has 0 aliphatic heterocycles. The van der Waals surface area contributed by atoms with Crippen LogP contribution in [0.3, 0.4) is 0 Å². The number of fused-ring (bicyclic) bond motifs is 1. The number of ketones is 1. The highest BCUT2D eigenvalue weighted by molar-refractivity contribution is 9.10. The Kier molecular flexibility index (Phi) is 6.03. The SMILES string of the molecule is COc1ccc(C(=O)[C@@H](C)OC(=O)c2cc3cc(Br)cc(OC)c3oc2=O)cc1. The highest BCUT2D eigenvalue weighted by atomic mass is 79.9. The summed E-state index contributed by atoms with van der Waals surface area (Å²) in [5, 5.41) is 0.469. The number of carbonyl (C=O) groups is 2. The van der Waals surface area contributed by atoms with Crippen molar-refractivity contribution in [3.8, 4) is 11.5 Å². The fourth-order valence-electron chi connectivity index (χ4n) is 2.73. The summed E-state index contributed by atoms with van der Waals surface area (Å²) in [6, 6.07) is 11.1. The molecule has 0 saturated heterocycles. The summed E-state index contributed by atoms with van der Waals surface area (Å²) in [5.41, 5.74) is -0.635. The van der Waals surface area contributed by atoms with E-state index in [2.05, 4.69) is 15.9 Å². The first-order valence-electron chi connectivity index (χ1n) is 8.54. The van der Waals surface area contributed by atoms with Crippen molar-refractivity contribution in [3.05, 3.63) is 68.5 Å². The molecule has 0 amide bonds. The van der Waals surface area contributed by atoms with Gasteiger partial charge in [0.05, 0.1) is 14.2 Å². The first-order chi connectivity index (χ1) is 13.8. The standard InChI is InChI=1S/C21H17BrO7/c1-11(18(23)12-4-6-15(26-2)7-5-12)28-20(24)16-9-13-8-14(22)10-17(27-3)19(13)29-21(16)25/h4-11H,1-3H3/t11-/m1/s1. The molecule has 0 fully saturated rings. The minimum Gasteiger partial charge on any atom is -0.497 e. The Morgan fingerprint density at radius 1 is 1.03 bits per heavy atom. The molecule has 0 spiro atoms. The Bertz CT molecular complexity index is 1130. The summed E-state index contributed by atoms with van der Waals surface area (Å²) >= 11 is 3.33. The van der Waals surface area contributed by atoms with Gasteiger partial charge in [0.25, 0.3) is 0 Å². The topological polar surface area (TPSA) is 92.0 Å². The fourth-order valence-corrected chi connectivity index (χ4v) is 3.18. The Morgan fingerprint density at radius 2 is 1.72 bits per heavy atom. The zero-order valence-electron chi connectivity index (χ0n) is 15.9. The Labute approximate surface area is 174 Å². The van der Waals surface area contributed by atoms with Crippen LogP contribution in [0.15, 0.2) is 56.1 Å². The van der Waals surface area contributed by atoms with Gasteiger partial charge in [-0.2, -0.15) is 0 Å². The van der Waals surface area contributed by atoms with Crippen LogP contribution in [0, 0.1) is 0 Å². The van der Waals surface area contributed by atoms with Gasteiger partial charge in [0.2, 0.25) is 5.78 Å². The summed E-state index contributed by atoms with van der Waals surface area (Å²) in [4.78, 5) is 37.3. The van der Waals surface area contributed by atoms with Crippen molar-refractivity contribution in [2.75, 3.05) is 14.2 Å². The zero-order chi connectivity index (χ0) is 21.1. The molecule has 2 aromatic carbocycles. The maximum atomic E-state index is 12.5. The van der Waals surface area contributed by atoms with Crippen LogP contribution in [0.5, 0.6) is 11.5 Å². The molecule has 0 radical (unpaired) electrons. The van der Waals surface area contributed by atoms with E-state index in [1.54, 1.807) is 36.4 Å². The van der Waals surface area contributed by atoms with E-state index in [-0.39, 0.29) is 11.1 Å². The van der Waals surface area contributed by atoms with Gasteiger partial charge in [0, 0.05) is 15.4 Å². The van der Waals surface area contributed by atoms with Crippen molar-refractivity contribution in [2.45, 2.75) is 13.0 Å². The van der Waals surface area contributed by atoms with Crippen LogP contribution in [-0.2, 0) is 4.74 Å². The fraction of sp³-hybridized carbons (Fsp3) is 0.190. The largest absolute Gasteiger partial charge is 0.497 e. The van der Waals surface area contributed by atoms with Crippen LogP contribution >= 0.6 is 15.9 Å². The third-order valence-corrected chi connectivity index (χ3v) is 4.69. The molecule has 0 N–H and O–H groups in total. The Balaban J connectivity index is 1.85. The predicted octanol–water partition coefficient (Wildman–Crippen LogP) is 4.00. The summed E-state index contributed by atoms with van der Waals surface area (Å²) in [7, 11) is 2.96. The lowest BCUT2D eigenvalue weighted by molar-refractivity contribution is 0.0315. The van der Waals surface area contributed by atoms with Gasteiger partial charge < -0.3 is 18.6 Å². The molecule has 0 bridgehead atoms. The normalized spacial score (nSPS) is 11.7. The average molecular weight is 461 g/mol. The highest BCUT2D eigenvalue weighted by Crippen LogP contribution is 2.29. The van der Waals surface area contributed by atoms with Crippen LogP contribution in [0.1, 0.15) is 27.6 Å². The van der Waals surface area contributed by atoms with Crippen molar-refractivity contribution in [3.63, 3.8) is 0 Å². The molecule has 1 atom stereocenters. The number of rotatable bonds is 6. The van der Waals surface area contributed by atoms with Gasteiger partial charge in [-0.15, -0.1) is 0 Å². The maximum Gasteiger partial charge on any atom is 0.351 e. The molecular weight excluding hydrogens is 444 g/mol. The van der Waals surface area contributed by atoms with Crippen LogP contribution < -0.4 is 15.1 Å². The number of esters is 1. The van der Waals surface area contributed by atoms with Crippen molar-refractivity contribution < 1.29 is 28.2 Å². The first-order valence-corrected chi connectivity index (χ1v) is 9.34. The third kappa shape index (κ3) is 4.32. The van der Waals surface area contributed by atoms with E-state index in [0.29, 0.717) is 26.9 Å². The van der Waals surface area contributed by atoms with Gasteiger partial charge in [-0.25, -0.2) is 9.59 Å². The molecule has 0 aliphatic carbocycles. The number of carbonyl (C=O) groups excluding carboxylic acids is 2. The van der Waals surface area contributed by atoms with Gasteiger partial charge in [-0.1, -0.05) is 15.9 Å². The molecule has 3 rings (SSSR count). The quantitative estimate of drug-likeness (QED) is 0.311. The summed E-state index contributed by atoms with van der Waals surface area (Å²) < 4.78 is 21.4. The highest BCUT2D eigenvalue weighted by Gasteiger charge is 2.24. The van der Waals surface area contributed by atoms with Gasteiger partial charge in [0.15, 0.2) is 17.4 Å². The van der Waals surface area contributed by atoms with Crippen LogP contribution in [0.2, 0.25) is 0 Å². The second-order valence-electron chi connectivity index (χ2n) is 6.11. The molecule has 1 aromatic heterocycles. The molecule has 1 heterocycles. The van der Waals surface area contributed by atoms with Crippen LogP contribution in [-0.4, -0.2) is 32.1 Å². The minimum atomic E-state index is -1.09. The molecule has 7 nitrogen and oxygen atoms in total. The molecule has 150 valence electrons. The van der Waals surface area contributed by atoms with E-state index in [9.17, 15) is 14.4 Å². The second kappa shape index (κ2) is 8.48. The number of halogens is 1. The van der Waals surface area contributed by atoms with Crippen LogP contribution in [0.25, 0.3) is 11.0 Å². The number of hydrogen-bond acceptors (Lipinski definition) is 7. The van der Waals surface area contributed by atoms with Gasteiger partial charge >= 0.3 is 11.6 Å².